The Morgan fingerprint density at radius 3 is 2.24 bits per heavy atom. The van der Waals surface area contributed by atoms with Crippen LogP contribution in [0.1, 0.15) is 5.56 Å². The summed E-state index contributed by atoms with van der Waals surface area (Å²) in [5, 5.41) is 0. The van der Waals surface area contributed by atoms with Gasteiger partial charge >= 0.3 is 6.18 Å². The Morgan fingerprint density at radius 1 is 1.00 bits per heavy atom. The van der Waals surface area contributed by atoms with Crippen molar-refractivity contribution in [1.82, 2.24) is 4.72 Å². The van der Waals surface area contributed by atoms with E-state index in [2.05, 4.69) is 4.72 Å². The van der Waals surface area contributed by atoms with Crippen LogP contribution in [0.5, 0.6) is 11.5 Å². The van der Waals surface area contributed by atoms with E-state index in [1.165, 1.54) is 13.2 Å². The van der Waals surface area contributed by atoms with E-state index < -0.39 is 26.7 Å². The van der Waals surface area contributed by atoms with Crippen LogP contribution in [0, 0.1) is 0 Å². The second kappa shape index (κ2) is 7.75. The fraction of sp³-hybridized carbons (Fsp3) is 0.250. The minimum Gasteiger partial charge on any atom is -0.493 e. The maximum absolute atomic E-state index is 12.9. The molecule has 0 aliphatic heterocycles. The van der Waals surface area contributed by atoms with Crippen molar-refractivity contribution in [1.29, 1.82) is 0 Å². The molecular weight excluding hydrogens is 359 g/mol. The summed E-state index contributed by atoms with van der Waals surface area (Å²) >= 11 is 0. The highest BCUT2D eigenvalue weighted by atomic mass is 32.2. The van der Waals surface area contributed by atoms with Gasteiger partial charge in [0.15, 0.2) is 11.5 Å². The highest BCUT2D eigenvalue weighted by Gasteiger charge is 2.36. The molecule has 0 unspecified atom stereocenters. The number of hydrogen-bond acceptors (Lipinski definition) is 4. The second-order valence-electron chi connectivity index (χ2n) is 4.89. The van der Waals surface area contributed by atoms with Gasteiger partial charge in [-0.3, -0.25) is 0 Å². The van der Waals surface area contributed by atoms with Crippen molar-refractivity contribution >= 4 is 10.0 Å². The Morgan fingerprint density at radius 2 is 1.60 bits per heavy atom. The van der Waals surface area contributed by atoms with Gasteiger partial charge in [-0.05, 0) is 24.3 Å². The van der Waals surface area contributed by atoms with E-state index in [1.807, 2.05) is 0 Å². The number of benzene rings is 2. The van der Waals surface area contributed by atoms with E-state index in [-0.39, 0.29) is 13.2 Å². The first kappa shape index (κ1) is 19.1. The van der Waals surface area contributed by atoms with E-state index in [0.717, 1.165) is 18.2 Å². The van der Waals surface area contributed by atoms with Crippen molar-refractivity contribution in [2.75, 3.05) is 20.3 Å². The molecule has 5 nitrogen and oxygen atoms in total. The van der Waals surface area contributed by atoms with E-state index in [0.29, 0.717) is 11.5 Å². The molecule has 0 saturated carbocycles. The third-order valence-corrected chi connectivity index (χ3v) is 4.72. The average molecular weight is 375 g/mol. The van der Waals surface area contributed by atoms with Crippen LogP contribution in [0.25, 0.3) is 0 Å². The molecule has 2 rings (SSSR count). The summed E-state index contributed by atoms with van der Waals surface area (Å²) in [5.41, 5.74) is -1.21. The highest BCUT2D eigenvalue weighted by Crippen LogP contribution is 2.33. The standard InChI is InChI=1S/C16H16F3NO4S/c1-23-13-7-3-4-8-14(13)24-11-10-20-25(21,22)15-9-5-2-6-12(15)16(17,18)19/h2-9,20H,10-11H2,1H3. The normalized spacial score (nSPS) is 12.0. The number of sulfonamides is 1. The fourth-order valence-electron chi connectivity index (χ4n) is 2.09. The largest absolute Gasteiger partial charge is 0.493 e. The van der Waals surface area contributed by atoms with E-state index in [4.69, 9.17) is 9.47 Å². The van der Waals surface area contributed by atoms with Crippen molar-refractivity contribution in [2.45, 2.75) is 11.1 Å². The summed E-state index contributed by atoms with van der Waals surface area (Å²) in [6.07, 6.45) is -4.76. The van der Waals surface area contributed by atoms with Crippen LogP contribution in [-0.4, -0.2) is 28.7 Å². The second-order valence-corrected chi connectivity index (χ2v) is 6.63. The zero-order chi connectivity index (χ0) is 18.5. The van der Waals surface area contributed by atoms with Crippen molar-refractivity contribution < 1.29 is 31.1 Å². The number of rotatable bonds is 7. The molecule has 0 aliphatic carbocycles. The Hall–Kier alpha value is -2.26. The maximum Gasteiger partial charge on any atom is 0.417 e. The molecule has 0 atom stereocenters. The van der Waals surface area contributed by atoms with Crippen LogP contribution in [0.4, 0.5) is 13.2 Å². The molecule has 9 heteroatoms. The van der Waals surface area contributed by atoms with Gasteiger partial charge in [0.1, 0.15) is 6.61 Å². The number of nitrogens with one attached hydrogen (secondary N) is 1. The number of halogens is 3. The van der Waals surface area contributed by atoms with Gasteiger partial charge in [-0.1, -0.05) is 24.3 Å². The first-order valence-corrected chi connectivity index (χ1v) is 8.66. The first-order chi connectivity index (χ1) is 11.8. The summed E-state index contributed by atoms with van der Waals surface area (Å²) in [5.74, 6) is 0.868. The SMILES string of the molecule is COc1ccccc1OCCNS(=O)(=O)c1ccccc1C(F)(F)F. The van der Waals surface area contributed by atoms with Gasteiger partial charge in [0.25, 0.3) is 0 Å². The minimum absolute atomic E-state index is 0.0756. The number of hydrogen-bond donors (Lipinski definition) is 1. The van der Waals surface area contributed by atoms with Gasteiger partial charge in [-0.2, -0.15) is 13.2 Å². The summed E-state index contributed by atoms with van der Waals surface area (Å²) in [6.45, 7) is -0.277. The predicted molar refractivity (Wildman–Crippen MR) is 85.1 cm³/mol. The van der Waals surface area contributed by atoms with Crippen LogP contribution < -0.4 is 14.2 Å². The molecule has 2 aromatic rings. The van der Waals surface area contributed by atoms with Gasteiger partial charge in [-0.25, -0.2) is 13.1 Å². The molecule has 0 fully saturated rings. The molecule has 0 aliphatic rings. The van der Waals surface area contributed by atoms with Gasteiger partial charge < -0.3 is 9.47 Å². The molecule has 136 valence electrons. The van der Waals surface area contributed by atoms with Crippen molar-refractivity contribution in [3.05, 3.63) is 54.1 Å². The Labute approximate surface area is 143 Å². The average Bonchev–Trinajstić information content (AvgIpc) is 2.58. The third kappa shape index (κ3) is 4.86. The zero-order valence-corrected chi connectivity index (χ0v) is 14.0. The monoisotopic (exact) mass is 375 g/mol. The molecule has 0 radical (unpaired) electrons. The summed E-state index contributed by atoms with van der Waals surface area (Å²) in [4.78, 5) is -0.820. The lowest BCUT2D eigenvalue weighted by atomic mass is 10.2. The molecule has 25 heavy (non-hydrogen) atoms. The molecule has 0 bridgehead atoms. The van der Waals surface area contributed by atoms with E-state index in [1.54, 1.807) is 24.3 Å². The predicted octanol–water partition coefficient (Wildman–Crippen LogP) is 3.07. The van der Waals surface area contributed by atoms with Crippen molar-refractivity contribution in [3.63, 3.8) is 0 Å². The maximum atomic E-state index is 12.9. The van der Waals surface area contributed by atoms with E-state index >= 15 is 0 Å². The van der Waals surface area contributed by atoms with Gasteiger partial charge in [0.2, 0.25) is 10.0 Å². The van der Waals surface area contributed by atoms with Crippen LogP contribution in [0.2, 0.25) is 0 Å². The van der Waals surface area contributed by atoms with Gasteiger partial charge in [0.05, 0.1) is 17.6 Å². The smallest absolute Gasteiger partial charge is 0.417 e. The quantitative estimate of drug-likeness (QED) is 0.756. The summed E-state index contributed by atoms with van der Waals surface area (Å²) in [6, 6.07) is 10.7. The molecule has 2 aromatic carbocycles. The van der Waals surface area contributed by atoms with Gasteiger partial charge in [-0.15, -0.1) is 0 Å². The molecule has 0 aromatic heterocycles. The molecule has 0 heterocycles. The number of ether oxygens (including phenoxy) is 2. The third-order valence-electron chi connectivity index (χ3n) is 3.20. The fourth-order valence-corrected chi connectivity index (χ4v) is 3.33. The van der Waals surface area contributed by atoms with E-state index in [9.17, 15) is 21.6 Å². The van der Waals surface area contributed by atoms with Crippen LogP contribution >= 0.6 is 0 Å². The lowest BCUT2D eigenvalue weighted by Crippen LogP contribution is -2.30. The molecule has 0 amide bonds. The van der Waals surface area contributed by atoms with Crippen molar-refractivity contribution in [2.24, 2.45) is 0 Å². The van der Waals surface area contributed by atoms with Crippen LogP contribution in [0.15, 0.2) is 53.4 Å². The minimum atomic E-state index is -4.76. The Bertz CT molecular complexity index is 822. The topological polar surface area (TPSA) is 64.6 Å². The number of methoxy groups -OCH3 is 1. The summed E-state index contributed by atoms with van der Waals surface area (Å²) in [7, 11) is -2.87. The highest BCUT2D eigenvalue weighted by molar-refractivity contribution is 7.89. The molecule has 1 N–H and O–H groups in total. The lowest BCUT2D eigenvalue weighted by Gasteiger charge is -2.14. The Balaban J connectivity index is 2.04. The Kier molecular flexibility index (Phi) is 5.91. The number of alkyl halides is 3. The number of para-hydroxylation sites is 2. The summed E-state index contributed by atoms with van der Waals surface area (Å²) < 4.78 is 75.7. The molecule has 0 saturated heterocycles. The van der Waals surface area contributed by atoms with Crippen LogP contribution in [-0.2, 0) is 16.2 Å². The lowest BCUT2D eigenvalue weighted by molar-refractivity contribution is -0.139. The zero-order valence-electron chi connectivity index (χ0n) is 13.2. The van der Waals surface area contributed by atoms with Gasteiger partial charge in [0, 0.05) is 6.54 Å². The first-order valence-electron chi connectivity index (χ1n) is 7.17. The molecule has 0 spiro atoms. The molecular formula is C16H16F3NO4S. The van der Waals surface area contributed by atoms with Crippen molar-refractivity contribution in [3.8, 4) is 11.5 Å². The van der Waals surface area contributed by atoms with Crippen LogP contribution in [0.3, 0.4) is 0 Å².